The third kappa shape index (κ3) is 2.70. The first kappa shape index (κ1) is 11.0. The predicted molar refractivity (Wildman–Crippen MR) is 54.9 cm³/mol. The van der Waals surface area contributed by atoms with Gasteiger partial charge < -0.3 is 10.5 Å². The quantitative estimate of drug-likeness (QED) is 0.761. The monoisotopic (exact) mass is 198 g/mol. The van der Waals surface area contributed by atoms with Gasteiger partial charge in [-0.2, -0.15) is 0 Å². The summed E-state index contributed by atoms with van der Waals surface area (Å²) in [4.78, 5) is 0. The number of aromatic nitrogens is 3. The lowest BCUT2D eigenvalue weighted by atomic mass is 10.3. The maximum Gasteiger partial charge on any atom is 0.169 e. The molecule has 0 aliphatic carbocycles. The molecule has 0 aromatic carbocycles. The van der Waals surface area contributed by atoms with Gasteiger partial charge in [0.2, 0.25) is 0 Å². The van der Waals surface area contributed by atoms with Gasteiger partial charge in [-0.15, -0.1) is 5.10 Å². The van der Waals surface area contributed by atoms with Gasteiger partial charge in [0.15, 0.2) is 5.82 Å². The van der Waals surface area contributed by atoms with Crippen molar-refractivity contribution in [3.63, 3.8) is 0 Å². The van der Waals surface area contributed by atoms with Crippen LogP contribution in [0.15, 0.2) is 0 Å². The van der Waals surface area contributed by atoms with Crippen molar-refractivity contribution in [2.75, 3.05) is 12.3 Å². The fraction of sp³-hybridized carbons (Fsp3) is 0.778. The summed E-state index contributed by atoms with van der Waals surface area (Å²) < 4.78 is 7.23. The first-order valence-electron chi connectivity index (χ1n) is 4.94. The Bertz CT molecular complexity index is 282. The molecular formula is C9H18N4O. The molecule has 0 spiro atoms. The van der Waals surface area contributed by atoms with Crippen molar-refractivity contribution in [1.82, 2.24) is 15.0 Å². The molecule has 1 aromatic heterocycles. The standard InChI is InChI=1S/C9H18N4O/c1-4-8-9(10)11-12-13(8)5-6-14-7(2)3/h7H,4-6,10H2,1-3H3. The zero-order valence-electron chi connectivity index (χ0n) is 9.03. The van der Waals surface area contributed by atoms with Gasteiger partial charge in [-0.3, -0.25) is 0 Å². The summed E-state index contributed by atoms with van der Waals surface area (Å²) in [6.45, 7) is 7.42. The molecule has 80 valence electrons. The largest absolute Gasteiger partial charge is 0.381 e. The molecule has 1 heterocycles. The SMILES string of the molecule is CCc1c(N)nnn1CCOC(C)C. The number of hydrogen-bond donors (Lipinski definition) is 1. The highest BCUT2D eigenvalue weighted by Crippen LogP contribution is 2.07. The van der Waals surface area contributed by atoms with E-state index in [2.05, 4.69) is 10.3 Å². The number of ether oxygens (including phenoxy) is 1. The number of rotatable bonds is 5. The van der Waals surface area contributed by atoms with Gasteiger partial charge in [-0.05, 0) is 20.3 Å². The van der Waals surface area contributed by atoms with Crippen molar-refractivity contribution in [3.8, 4) is 0 Å². The van der Waals surface area contributed by atoms with Crippen LogP contribution in [0.25, 0.3) is 0 Å². The summed E-state index contributed by atoms with van der Waals surface area (Å²) in [7, 11) is 0. The van der Waals surface area contributed by atoms with Crippen molar-refractivity contribution < 1.29 is 4.74 Å². The Morgan fingerprint density at radius 2 is 2.21 bits per heavy atom. The van der Waals surface area contributed by atoms with E-state index in [1.807, 2.05) is 20.8 Å². The summed E-state index contributed by atoms with van der Waals surface area (Å²) in [6, 6.07) is 0. The molecule has 0 saturated heterocycles. The van der Waals surface area contributed by atoms with Crippen LogP contribution >= 0.6 is 0 Å². The molecule has 0 saturated carbocycles. The van der Waals surface area contributed by atoms with Gasteiger partial charge in [0.05, 0.1) is 24.9 Å². The van der Waals surface area contributed by atoms with Crippen LogP contribution in [-0.2, 0) is 17.7 Å². The van der Waals surface area contributed by atoms with Gasteiger partial charge >= 0.3 is 0 Å². The van der Waals surface area contributed by atoms with Crippen molar-refractivity contribution in [2.24, 2.45) is 0 Å². The topological polar surface area (TPSA) is 66.0 Å². The summed E-state index contributed by atoms with van der Waals surface area (Å²) in [6.07, 6.45) is 1.10. The minimum absolute atomic E-state index is 0.251. The number of anilines is 1. The van der Waals surface area contributed by atoms with Gasteiger partial charge in [0, 0.05) is 0 Å². The molecule has 0 radical (unpaired) electrons. The van der Waals surface area contributed by atoms with Crippen LogP contribution in [0.5, 0.6) is 0 Å². The number of hydrogen-bond acceptors (Lipinski definition) is 4. The van der Waals surface area contributed by atoms with E-state index in [0.29, 0.717) is 19.0 Å². The Balaban J connectivity index is 2.50. The maximum absolute atomic E-state index is 5.65. The summed E-state index contributed by atoms with van der Waals surface area (Å²) in [5.74, 6) is 0.525. The van der Waals surface area contributed by atoms with E-state index >= 15 is 0 Å². The number of nitrogens with two attached hydrogens (primary N) is 1. The Morgan fingerprint density at radius 1 is 1.50 bits per heavy atom. The third-order valence-electron chi connectivity index (χ3n) is 1.96. The zero-order chi connectivity index (χ0) is 10.6. The molecule has 1 aromatic rings. The normalized spacial score (nSPS) is 11.1. The molecule has 0 atom stereocenters. The highest BCUT2D eigenvalue weighted by molar-refractivity contribution is 5.32. The molecule has 2 N–H and O–H groups in total. The summed E-state index contributed by atoms with van der Waals surface area (Å²) >= 11 is 0. The minimum atomic E-state index is 0.251. The van der Waals surface area contributed by atoms with E-state index in [0.717, 1.165) is 12.1 Å². The van der Waals surface area contributed by atoms with Crippen LogP contribution in [0.2, 0.25) is 0 Å². The first-order valence-corrected chi connectivity index (χ1v) is 4.94. The van der Waals surface area contributed by atoms with Crippen LogP contribution in [0, 0.1) is 0 Å². The molecule has 0 aliphatic heterocycles. The molecular weight excluding hydrogens is 180 g/mol. The Hall–Kier alpha value is -1.10. The Labute approximate surface area is 84.2 Å². The zero-order valence-corrected chi connectivity index (χ0v) is 9.03. The average molecular weight is 198 g/mol. The Kier molecular flexibility index (Phi) is 3.88. The second-order valence-electron chi connectivity index (χ2n) is 3.42. The molecule has 0 amide bonds. The molecule has 1 rings (SSSR count). The molecule has 5 heteroatoms. The van der Waals surface area contributed by atoms with Crippen molar-refractivity contribution in [3.05, 3.63) is 5.69 Å². The lowest BCUT2D eigenvalue weighted by Gasteiger charge is -2.08. The lowest BCUT2D eigenvalue weighted by molar-refractivity contribution is 0.0702. The third-order valence-corrected chi connectivity index (χ3v) is 1.96. The Morgan fingerprint density at radius 3 is 2.79 bits per heavy atom. The molecule has 0 bridgehead atoms. The second kappa shape index (κ2) is 4.95. The fourth-order valence-electron chi connectivity index (χ4n) is 1.26. The number of nitrogen functional groups attached to an aromatic ring is 1. The summed E-state index contributed by atoms with van der Waals surface area (Å²) in [5, 5.41) is 7.77. The van der Waals surface area contributed by atoms with Crippen LogP contribution in [0.4, 0.5) is 5.82 Å². The maximum atomic E-state index is 5.65. The van der Waals surface area contributed by atoms with Gasteiger partial charge in [-0.1, -0.05) is 12.1 Å². The van der Waals surface area contributed by atoms with Gasteiger partial charge in [0.1, 0.15) is 0 Å². The predicted octanol–water partition coefficient (Wildman–Crippen LogP) is 0.848. The van der Waals surface area contributed by atoms with E-state index in [-0.39, 0.29) is 6.10 Å². The van der Waals surface area contributed by atoms with Crippen LogP contribution in [-0.4, -0.2) is 27.7 Å². The fourth-order valence-corrected chi connectivity index (χ4v) is 1.26. The van der Waals surface area contributed by atoms with Crippen molar-refractivity contribution in [2.45, 2.75) is 39.8 Å². The highest BCUT2D eigenvalue weighted by atomic mass is 16.5. The van der Waals surface area contributed by atoms with E-state index in [1.165, 1.54) is 0 Å². The van der Waals surface area contributed by atoms with E-state index < -0.39 is 0 Å². The van der Waals surface area contributed by atoms with Gasteiger partial charge in [0.25, 0.3) is 0 Å². The van der Waals surface area contributed by atoms with E-state index in [1.54, 1.807) is 4.68 Å². The van der Waals surface area contributed by atoms with E-state index in [9.17, 15) is 0 Å². The van der Waals surface area contributed by atoms with Crippen molar-refractivity contribution >= 4 is 5.82 Å². The van der Waals surface area contributed by atoms with Gasteiger partial charge in [-0.25, -0.2) is 4.68 Å². The average Bonchev–Trinajstić information content (AvgIpc) is 2.46. The van der Waals surface area contributed by atoms with Crippen molar-refractivity contribution in [1.29, 1.82) is 0 Å². The molecule has 0 unspecified atom stereocenters. The highest BCUT2D eigenvalue weighted by Gasteiger charge is 2.07. The van der Waals surface area contributed by atoms with Crippen LogP contribution < -0.4 is 5.73 Å². The molecule has 5 nitrogen and oxygen atoms in total. The minimum Gasteiger partial charge on any atom is -0.381 e. The summed E-state index contributed by atoms with van der Waals surface area (Å²) in [5.41, 5.74) is 6.63. The number of nitrogens with zero attached hydrogens (tertiary/aromatic N) is 3. The first-order chi connectivity index (χ1) is 6.65. The molecule has 0 aliphatic rings. The smallest absolute Gasteiger partial charge is 0.169 e. The second-order valence-corrected chi connectivity index (χ2v) is 3.42. The van der Waals surface area contributed by atoms with E-state index in [4.69, 9.17) is 10.5 Å². The molecule has 0 fully saturated rings. The molecule has 14 heavy (non-hydrogen) atoms. The van der Waals surface area contributed by atoms with Crippen LogP contribution in [0.3, 0.4) is 0 Å². The van der Waals surface area contributed by atoms with Crippen LogP contribution in [0.1, 0.15) is 26.5 Å². The lowest BCUT2D eigenvalue weighted by Crippen LogP contribution is -2.13.